The van der Waals surface area contributed by atoms with Crippen molar-refractivity contribution in [3.63, 3.8) is 0 Å². The fourth-order valence-corrected chi connectivity index (χ4v) is 4.21. The van der Waals surface area contributed by atoms with E-state index in [-0.39, 0.29) is 12.0 Å². The van der Waals surface area contributed by atoms with Crippen LogP contribution in [0.4, 0.5) is 0 Å². The Bertz CT molecular complexity index is 831. The van der Waals surface area contributed by atoms with Gasteiger partial charge in [0.25, 0.3) is 0 Å². The monoisotopic (exact) mass is 413 g/mol. The van der Waals surface area contributed by atoms with Crippen molar-refractivity contribution in [1.29, 1.82) is 0 Å². The third-order valence-electron chi connectivity index (χ3n) is 5.95. The molecule has 0 bridgehead atoms. The Morgan fingerprint density at radius 1 is 1.00 bits per heavy atom. The summed E-state index contributed by atoms with van der Waals surface area (Å²) in [6, 6.07) is 12.6. The molecular formula is C24H31NO5. The minimum absolute atomic E-state index is 0.0284. The molecule has 0 aromatic heterocycles. The first kappa shape index (κ1) is 22.0. The summed E-state index contributed by atoms with van der Waals surface area (Å²) < 4.78 is 16.6. The van der Waals surface area contributed by atoms with Gasteiger partial charge in [-0.2, -0.15) is 0 Å². The second-order valence-electron chi connectivity index (χ2n) is 7.60. The minimum Gasteiger partial charge on any atom is -0.493 e. The predicted molar refractivity (Wildman–Crippen MR) is 116 cm³/mol. The molecule has 1 saturated heterocycles. The average molecular weight is 414 g/mol. The normalized spacial score (nSPS) is 16.1. The van der Waals surface area contributed by atoms with Crippen molar-refractivity contribution in [2.75, 3.05) is 34.4 Å². The molecule has 0 saturated carbocycles. The molecule has 0 amide bonds. The van der Waals surface area contributed by atoms with Gasteiger partial charge in [-0.15, -0.1) is 0 Å². The zero-order chi connectivity index (χ0) is 21.7. The number of methoxy groups -OCH3 is 3. The summed E-state index contributed by atoms with van der Waals surface area (Å²) in [6.45, 7) is 3.57. The number of rotatable bonds is 8. The van der Waals surface area contributed by atoms with E-state index in [1.54, 1.807) is 21.3 Å². The minimum atomic E-state index is -0.703. The largest absolute Gasteiger partial charge is 0.493 e. The molecule has 1 heterocycles. The van der Waals surface area contributed by atoms with Gasteiger partial charge in [-0.1, -0.05) is 31.2 Å². The number of nitrogens with zero attached hydrogens (tertiary/aromatic N) is 1. The predicted octanol–water partition coefficient (Wildman–Crippen LogP) is 4.16. The van der Waals surface area contributed by atoms with Gasteiger partial charge in [0.15, 0.2) is 11.5 Å². The number of benzene rings is 2. The van der Waals surface area contributed by atoms with E-state index in [1.165, 1.54) is 5.56 Å². The highest BCUT2D eigenvalue weighted by Crippen LogP contribution is 2.43. The van der Waals surface area contributed by atoms with E-state index in [4.69, 9.17) is 14.2 Å². The van der Waals surface area contributed by atoms with Crippen molar-refractivity contribution in [1.82, 2.24) is 4.90 Å². The summed E-state index contributed by atoms with van der Waals surface area (Å²) in [6.07, 6.45) is 2.27. The van der Waals surface area contributed by atoms with E-state index < -0.39 is 5.97 Å². The van der Waals surface area contributed by atoms with Gasteiger partial charge >= 0.3 is 5.97 Å². The maximum Gasteiger partial charge on any atom is 0.306 e. The van der Waals surface area contributed by atoms with Gasteiger partial charge in [-0.25, -0.2) is 0 Å². The van der Waals surface area contributed by atoms with Crippen LogP contribution < -0.4 is 14.2 Å². The first-order valence-electron chi connectivity index (χ1n) is 10.4. The molecule has 1 aliphatic heterocycles. The third kappa shape index (κ3) is 4.54. The first-order valence-corrected chi connectivity index (χ1v) is 10.4. The lowest BCUT2D eigenvalue weighted by molar-refractivity contribution is -0.143. The molecule has 0 radical (unpaired) electrons. The van der Waals surface area contributed by atoms with E-state index in [0.717, 1.165) is 17.5 Å². The first-order chi connectivity index (χ1) is 14.5. The van der Waals surface area contributed by atoms with E-state index in [0.29, 0.717) is 43.2 Å². The standard InChI is InChI=1S/C24H31NO5/c1-5-16-6-8-17(9-7-16)22(25-12-10-18(11-13-25)24(26)27)19-14-20(28-2)23(30-4)21(15-19)29-3/h6-9,14-15,18,22H,5,10-13H2,1-4H3,(H,26,27). The topological polar surface area (TPSA) is 68.2 Å². The van der Waals surface area contributed by atoms with E-state index in [1.807, 2.05) is 12.1 Å². The van der Waals surface area contributed by atoms with Crippen LogP contribution in [0.1, 0.15) is 42.5 Å². The van der Waals surface area contributed by atoms with Gasteiger partial charge in [-0.05, 0) is 61.2 Å². The Kier molecular flexibility index (Phi) is 7.21. The molecule has 2 aromatic carbocycles. The quantitative estimate of drug-likeness (QED) is 0.701. The number of carbonyl (C=O) groups is 1. The van der Waals surface area contributed by atoms with Crippen LogP contribution in [0.25, 0.3) is 0 Å². The summed E-state index contributed by atoms with van der Waals surface area (Å²) in [5.74, 6) is 0.814. The van der Waals surface area contributed by atoms with Gasteiger partial charge in [0.05, 0.1) is 33.3 Å². The zero-order valence-electron chi connectivity index (χ0n) is 18.2. The molecule has 1 fully saturated rings. The highest BCUT2D eigenvalue weighted by atomic mass is 16.5. The smallest absolute Gasteiger partial charge is 0.306 e. The molecule has 1 N–H and O–H groups in total. The van der Waals surface area contributed by atoms with Crippen LogP contribution in [0.15, 0.2) is 36.4 Å². The summed E-state index contributed by atoms with van der Waals surface area (Å²) in [4.78, 5) is 13.8. The lowest BCUT2D eigenvalue weighted by atomic mass is 9.90. The number of piperidine rings is 1. The van der Waals surface area contributed by atoms with Crippen LogP contribution in [-0.4, -0.2) is 50.4 Å². The van der Waals surface area contributed by atoms with Gasteiger partial charge in [0.1, 0.15) is 0 Å². The SMILES string of the molecule is CCc1ccc(C(c2cc(OC)c(OC)c(OC)c2)N2CCC(C(=O)O)CC2)cc1. The second kappa shape index (κ2) is 9.85. The lowest BCUT2D eigenvalue weighted by Gasteiger charge is -2.37. The van der Waals surface area contributed by atoms with Crippen molar-refractivity contribution < 1.29 is 24.1 Å². The molecule has 0 spiro atoms. The van der Waals surface area contributed by atoms with Crippen molar-refractivity contribution in [2.24, 2.45) is 5.92 Å². The Hall–Kier alpha value is -2.73. The number of likely N-dealkylation sites (tertiary alicyclic amines) is 1. The van der Waals surface area contributed by atoms with Crippen LogP contribution in [0, 0.1) is 5.92 Å². The van der Waals surface area contributed by atoms with Crippen molar-refractivity contribution in [3.05, 3.63) is 53.1 Å². The summed E-state index contributed by atoms with van der Waals surface area (Å²) in [7, 11) is 4.83. The molecule has 162 valence electrons. The van der Waals surface area contributed by atoms with Crippen molar-refractivity contribution in [3.8, 4) is 17.2 Å². The van der Waals surface area contributed by atoms with E-state index in [9.17, 15) is 9.90 Å². The fourth-order valence-electron chi connectivity index (χ4n) is 4.21. The zero-order valence-corrected chi connectivity index (χ0v) is 18.2. The average Bonchev–Trinajstić information content (AvgIpc) is 2.79. The molecule has 1 aliphatic rings. The van der Waals surface area contributed by atoms with Crippen molar-refractivity contribution >= 4 is 5.97 Å². The number of hydrogen-bond acceptors (Lipinski definition) is 5. The summed E-state index contributed by atoms with van der Waals surface area (Å²) in [5.41, 5.74) is 3.48. The molecule has 2 aromatic rings. The third-order valence-corrected chi connectivity index (χ3v) is 5.95. The highest BCUT2D eigenvalue weighted by molar-refractivity contribution is 5.70. The van der Waals surface area contributed by atoms with E-state index >= 15 is 0 Å². The van der Waals surface area contributed by atoms with Crippen LogP contribution in [0.5, 0.6) is 17.2 Å². The van der Waals surface area contributed by atoms with Gasteiger partial charge in [-0.3, -0.25) is 9.69 Å². The van der Waals surface area contributed by atoms with Crippen LogP contribution in [0.3, 0.4) is 0 Å². The van der Waals surface area contributed by atoms with Gasteiger partial charge in [0.2, 0.25) is 5.75 Å². The highest BCUT2D eigenvalue weighted by Gasteiger charge is 2.31. The number of aryl methyl sites for hydroxylation is 1. The Labute approximate surface area is 178 Å². The Morgan fingerprint density at radius 2 is 1.57 bits per heavy atom. The molecule has 3 rings (SSSR count). The van der Waals surface area contributed by atoms with Crippen molar-refractivity contribution in [2.45, 2.75) is 32.2 Å². The number of ether oxygens (including phenoxy) is 3. The maximum absolute atomic E-state index is 11.4. The van der Waals surface area contributed by atoms with Gasteiger partial charge in [0, 0.05) is 0 Å². The summed E-state index contributed by atoms with van der Waals surface area (Å²) >= 11 is 0. The number of carboxylic acid groups (broad SMARTS) is 1. The molecular weight excluding hydrogens is 382 g/mol. The lowest BCUT2D eigenvalue weighted by Crippen LogP contribution is -2.39. The molecule has 1 unspecified atom stereocenters. The Morgan fingerprint density at radius 3 is 2.00 bits per heavy atom. The Balaban J connectivity index is 2.04. The number of carboxylic acids is 1. The molecule has 6 nitrogen and oxygen atoms in total. The maximum atomic E-state index is 11.4. The number of hydrogen-bond donors (Lipinski definition) is 1. The second-order valence-corrected chi connectivity index (χ2v) is 7.60. The fraction of sp³-hybridized carbons (Fsp3) is 0.458. The number of aliphatic carboxylic acids is 1. The van der Waals surface area contributed by atoms with Crippen LogP contribution >= 0.6 is 0 Å². The molecule has 1 atom stereocenters. The van der Waals surface area contributed by atoms with Gasteiger partial charge < -0.3 is 19.3 Å². The molecule has 6 heteroatoms. The van der Waals surface area contributed by atoms with Crippen LogP contribution in [0.2, 0.25) is 0 Å². The summed E-state index contributed by atoms with van der Waals surface area (Å²) in [5, 5.41) is 9.38. The van der Waals surface area contributed by atoms with Crippen LogP contribution in [-0.2, 0) is 11.2 Å². The molecule has 0 aliphatic carbocycles. The van der Waals surface area contributed by atoms with E-state index in [2.05, 4.69) is 36.1 Å². The molecule has 30 heavy (non-hydrogen) atoms.